The molecule has 1 saturated heterocycles. The van der Waals surface area contributed by atoms with E-state index in [9.17, 15) is 5.11 Å². The van der Waals surface area contributed by atoms with Gasteiger partial charge in [0, 0.05) is 38.4 Å². The summed E-state index contributed by atoms with van der Waals surface area (Å²) in [5.74, 6) is 0. The topological polar surface area (TPSA) is 59.1 Å². The first kappa shape index (κ1) is 15.5. The fraction of sp³-hybridized carbons (Fsp3) is 0.600. The molecule has 0 saturated carbocycles. The van der Waals surface area contributed by atoms with Crippen LogP contribution in [0.15, 0.2) is 18.6 Å². The maximum Gasteiger partial charge on any atom is 0.0835 e. The molecule has 3 heterocycles. The molecule has 0 amide bonds. The van der Waals surface area contributed by atoms with E-state index in [0.29, 0.717) is 11.1 Å². The molecule has 1 fully saturated rings. The molecule has 0 aliphatic carbocycles. The van der Waals surface area contributed by atoms with E-state index in [4.69, 9.17) is 11.6 Å². The average Bonchev–Trinajstić information content (AvgIpc) is 3.17. The average molecular weight is 324 g/mol. The Labute approximate surface area is 135 Å². The van der Waals surface area contributed by atoms with Gasteiger partial charge in [-0.1, -0.05) is 11.6 Å². The number of hydrogen-bond donors (Lipinski definition) is 1. The van der Waals surface area contributed by atoms with Gasteiger partial charge in [0.05, 0.1) is 29.2 Å². The van der Waals surface area contributed by atoms with Crippen molar-refractivity contribution < 1.29 is 5.11 Å². The predicted molar refractivity (Wildman–Crippen MR) is 84.4 cm³/mol. The normalized spacial score (nSPS) is 20.6. The fourth-order valence-corrected chi connectivity index (χ4v) is 3.41. The number of halogens is 1. The Bertz CT molecular complexity index is 618. The third-order valence-corrected chi connectivity index (χ3v) is 4.78. The summed E-state index contributed by atoms with van der Waals surface area (Å²) in [6.45, 7) is 1.81. The van der Waals surface area contributed by atoms with Crippen molar-refractivity contribution in [3.8, 4) is 0 Å². The van der Waals surface area contributed by atoms with Crippen molar-refractivity contribution >= 4 is 11.6 Å². The van der Waals surface area contributed by atoms with E-state index in [1.165, 1.54) is 0 Å². The van der Waals surface area contributed by atoms with Crippen LogP contribution in [0.5, 0.6) is 0 Å². The van der Waals surface area contributed by atoms with Crippen LogP contribution in [0.3, 0.4) is 0 Å². The monoisotopic (exact) mass is 323 g/mol. The van der Waals surface area contributed by atoms with Gasteiger partial charge >= 0.3 is 0 Å². The van der Waals surface area contributed by atoms with E-state index in [1.807, 2.05) is 25.0 Å². The van der Waals surface area contributed by atoms with Gasteiger partial charge in [0.25, 0.3) is 0 Å². The van der Waals surface area contributed by atoms with Crippen LogP contribution >= 0.6 is 11.6 Å². The second kappa shape index (κ2) is 6.40. The van der Waals surface area contributed by atoms with Crippen LogP contribution in [0.1, 0.15) is 36.6 Å². The molecule has 0 aromatic carbocycles. The third kappa shape index (κ3) is 3.19. The van der Waals surface area contributed by atoms with E-state index < -0.39 is 6.10 Å². The van der Waals surface area contributed by atoms with Crippen molar-refractivity contribution in [1.29, 1.82) is 0 Å². The summed E-state index contributed by atoms with van der Waals surface area (Å²) in [5.41, 5.74) is 1.91. The summed E-state index contributed by atoms with van der Waals surface area (Å²) in [5, 5.41) is 19.5. The lowest BCUT2D eigenvalue weighted by Gasteiger charge is -2.26. The molecule has 1 aliphatic rings. The van der Waals surface area contributed by atoms with Gasteiger partial charge in [-0.05, 0) is 25.8 Å². The highest BCUT2D eigenvalue weighted by Crippen LogP contribution is 2.29. The zero-order chi connectivity index (χ0) is 15.7. The van der Waals surface area contributed by atoms with Gasteiger partial charge < -0.3 is 5.11 Å². The molecule has 1 aliphatic heterocycles. The lowest BCUT2D eigenvalue weighted by molar-refractivity contribution is 0.117. The molecular weight excluding hydrogens is 302 g/mol. The Kier molecular flexibility index (Phi) is 4.52. The first-order valence-electron chi connectivity index (χ1n) is 7.61. The van der Waals surface area contributed by atoms with Crippen LogP contribution in [-0.4, -0.2) is 42.2 Å². The number of rotatable bonds is 5. The van der Waals surface area contributed by atoms with E-state index in [0.717, 1.165) is 43.6 Å². The lowest BCUT2D eigenvalue weighted by Crippen LogP contribution is -2.31. The Morgan fingerprint density at radius 3 is 2.82 bits per heavy atom. The second-order valence-corrected chi connectivity index (χ2v) is 6.44. The van der Waals surface area contributed by atoms with Crippen LogP contribution in [0.25, 0.3) is 0 Å². The molecule has 22 heavy (non-hydrogen) atoms. The Balaban J connectivity index is 1.66. The molecular formula is C15H22ClN5O. The summed E-state index contributed by atoms with van der Waals surface area (Å²) < 4.78 is 3.55. The van der Waals surface area contributed by atoms with Crippen LogP contribution < -0.4 is 0 Å². The quantitative estimate of drug-likeness (QED) is 0.913. The molecule has 2 aromatic heterocycles. The van der Waals surface area contributed by atoms with Gasteiger partial charge in [-0.25, -0.2) is 0 Å². The Hall–Kier alpha value is -1.37. The largest absolute Gasteiger partial charge is 0.388 e. The maximum atomic E-state index is 10.4. The number of aromatic nitrogens is 4. The predicted octanol–water partition coefficient (Wildman–Crippen LogP) is 1.90. The smallest absolute Gasteiger partial charge is 0.0835 e. The van der Waals surface area contributed by atoms with Crippen LogP contribution in [0.4, 0.5) is 0 Å². The third-order valence-electron chi connectivity index (χ3n) is 4.47. The number of aryl methyl sites for hydroxylation is 2. The van der Waals surface area contributed by atoms with Crippen LogP contribution in [-0.2, 0) is 20.6 Å². The van der Waals surface area contributed by atoms with Gasteiger partial charge in [0.15, 0.2) is 0 Å². The summed E-state index contributed by atoms with van der Waals surface area (Å²) >= 11 is 6.21. The van der Waals surface area contributed by atoms with Crippen molar-refractivity contribution in [2.75, 3.05) is 6.54 Å². The molecule has 1 N–H and O–H groups in total. The molecule has 3 rings (SSSR count). The minimum absolute atomic E-state index is 0.362. The van der Waals surface area contributed by atoms with Crippen molar-refractivity contribution in [1.82, 2.24) is 24.5 Å². The molecule has 0 bridgehead atoms. The van der Waals surface area contributed by atoms with E-state index in [2.05, 4.69) is 15.1 Å². The first-order valence-corrected chi connectivity index (χ1v) is 7.99. The molecule has 0 spiro atoms. The number of nitrogens with zero attached hydrogens (tertiary/aromatic N) is 5. The molecule has 2 aromatic rings. The zero-order valence-corrected chi connectivity index (χ0v) is 13.7. The number of aliphatic hydroxyl groups excluding tert-OH is 1. The number of likely N-dealkylation sites (tertiary alicyclic amines) is 1. The SMILES string of the molecule is Cn1cc([C@H](O)C[C@@H]2CCCN2Cc2c(Cl)cnn2C)cn1. The number of aliphatic hydroxyl groups is 1. The van der Waals surface area contributed by atoms with Gasteiger partial charge in [0.1, 0.15) is 0 Å². The standard InChI is InChI=1S/C15H22ClN5O/c1-19-9-11(7-17-19)15(22)6-12-4-3-5-21(12)10-14-13(16)8-18-20(14)2/h7-9,12,15,22H,3-6,10H2,1-2H3/t12-,15+/m0/s1. The fourth-order valence-electron chi connectivity index (χ4n) is 3.18. The van der Waals surface area contributed by atoms with Gasteiger partial charge in [-0.3, -0.25) is 14.3 Å². The summed E-state index contributed by atoms with van der Waals surface area (Å²) in [7, 11) is 3.78. The highest BCUT2D eigenvalue weighted by molar-refractivity contribution is 6.31. The van der Waals surface area contributed by atoms with Crippen molar-refractivity contribution in [3.05, 3.63) is 34.9 Å². The highest BCUT2D eigenvalue weighted by Gasteiger charge is 2.28. The summed E-state index contributed by atoms with van der Waals surface area (Å²) in [4.78, 5) is 2.39. The van der Waals surface area contributed by atoms with Crippen molar-refractivity contribution in [3.63, 3.8) is 0 Å². The Morgan fingerprint density at radius 2 is 2.18 bits per heavy atom. The van der Waals surface area contributed by atoms with Crippen LogP contribution in [0.2, 0.25) is 5.02 Å². The number of hydrogen-bond acceptors (Lipinski definition) is 4. The van der Waals surface area contributed by atoms with E-state index in [1.54, 1.807) is 17.1 Å². The summed E-state index contributed by atoms with van der Waals surface area (Å²) in [6, 6.07) is 0.362. The maximum absolute atomic E-state index is 10.4. The first-order chi connectivity index (χ1) is 10.5. The Morgan fingerprint density at radius 1 is 1.36 bits per heavy atom. The minimum Gasteiger partial charge on any atom is -0.388 e. The molecule has 120 valence electrons. The van der Waals surface area contributed by atoms with Gasteiger partial charge in [-0.15, -0.1) is 0 Å². The zero-order valence-electron chi connectivity index (χ0n) is 13.0. The molecule has 2 atom stereocenters. The van der Waals surface area contributed by atoms with Gasteiger partial charge in [0.2, 0.25) is 0 Å². The highest BCUT2D eigenvalue weighted by atomic mass is 35.5. The molecule has 0 radical (unpaired) electrons. The van der Waals surface area contributed by atoms with Crippen molar-refractivity contribution in [2.24, 2.45) is 14.1 Å². The van der Waals surface area contributed by atoms with E-state index in [-0.39, 0.29) is 0 Å². The van der Waals surface area contributed by atoms with E-state index >= 15 is 0 Å². The molecule has 6 nitrogen and oxygen atoms in total. The molecule has 7 heteroatoms. The van der Waals surface area contributed by atoms with Crippen molar-refractivity contribution in [2.45, 2.75) is 38.0 Å². The summed E-state index contributed by atoms with van der Waals surface area (Å²) in [6.07, 6.45) is 7.81. The minimum atomic E-state index is -0.471. The van der Waals surface area contributed by atoms with Crippen LogP contribution in [0, 0.1) is 0 Å². The van der Waals surface area contributed by atoms with Gasteiger partial charge in [-0.2, -0.15) is 10.2 Å². The molecule has 0 unspecified atom stereocenters. The second-order valence-electron chi connectivity index (χ2n) is 6.03. The lowest BCUT2D eigenvalue weighted by atomic mass is 10.0.